The molecule has 1 heterocycles. The molecule has 1 aliphatic carbocycles. The second-order valence-corrected chi connectivity index (χ2v) is 5.47. The van der Waals surface area contributed by atoms with Gasteiger partial charge in [0.15, 0.2) is 5.16 Å². The minimum Gasteiger partial charge on any atom is -0.480 e. The van der Waals surface area contributed by atoms with E-state index in [9.17, 15) is 14.7 Å². The maximum Gasteiger partial charge on any atom is 0.320 e. The molecule has 1 atom stereocenters. The summed E-state index contributed by atoms with van der Waals surface area (Å²) in [6.45, 7) is 1.69. The smallest absolute Gasteiger partial charge is 0.320 e. The number of hydrogen-bond acceptors (Lipinski definition) is 4. The van der Waals surface area contributed by atoms with Crippen molar-refractivity contribution >= 4 is 17.7 Å². The Morgan fingerprint density at radius 3 is 2.88 bits per heavy atom. The van der Waals surface area contributed by atoms with E-state index in [0.29, 0.717) is 5.16 Å². The lowest BCUT2D eigenvalue weighted by molar-refractivity contribution is -0.140. The Kier molecular flexibility index (Phi) is 2.75. The molecule has 0 aliphatic heterocycles. The van der Waals surface area contributed by atoms with Gasteiger partial charge in [-0.15, -0.1) is 0 Å². The first kappa shape index (κ1) is 11.2. The Bertz CT molecular complexity index is 469. The highest BCUT2D eigenvalue weighted by atomic mass is 32.2. The lowest BCUT2D eigenvalue weighted by Crippen LogP contribution is -2.34. The van der Waals surface area contributed by atoms with Crippen LogP contribution in [-0.2, 0) is 4.79 Å². The van der Waals surface area contributed by atoms with Crippen LogP contribution in [0.3, 0.4) is 0 Å². The second kappa shape index (κ2) is 3.93. The van der Waals surface area contributed by atoms with Gasteiger partial charge in [-0.05, 0) is 25.7 Å². The molecule has 1 aliphatic rings. The van der Waals surface area contributed by atoms with Gasteiger partial charge in [0, 0.05) is 12.3 Å². The molecule has 1 aromatic rings. The van der Waals surface area contributed by atoms with E-state index in [0.717, 1.165) is 24.6 Å². The molecular formula is C10H12N2O3S. The fourth-order valence-electron chi connectivity index (χ4n) is 1.54. The third kappa shape index (κ3) is 2.11. The topological polar surface area (TPSA) is 83.0 Å². The van der Waals surface area contributed by atoms with E-state index in [2.05, 4.69) is 9.97 Å². The summed E-state index contributed by atoms with van der Waals surface area (Å²) < 4.78 is -0.892. The van der Waals surface area contributed by atoms with Gasteiger partial charge in [-0.2, -0.15) is 0 Å². The van der Waals surface area contributed by atoms with Crippen LogP contribution in [0.5, 0.6) is 0 Å². The third-order valence-electron chi connectivity index (χ3n) is 2.74. The van der Waals surface area contributed by atoms with Gasteiger partial charge < -0.3 is 10.1 Å². The standard InChI is InChI=1S/C10H12N2O3S/c1-10(8(14)15,6-2-3-6)16-9-11-5-4-7(13)12-9/h4-6H,2-3H2,1H3,(H,14,15)(H,11,12,13). The lowest BCUT2D eigenvalue weighted by atomic mass is 10.1. The van der Waals surface area contributed by atoms with Gasteiger partial charge in [-0.25, -0.2) is 4.98 Å². The summed E-state index contributed by atoms with van der Waals surface area (Å²) in [6, 6.07) is 1.30. The van der Waals surface area contributed by atoms with Gasteiger partial charge in [0.2, 0.25) is 0 Å². The van der Waals surface area contributed by atoms with E-state index in [-0.39, 0.29) is 11.5 Å². The van der Waals surface area contributed by atoms with Crippen molar-refractivity contribution in [2.75, 3.05) is 0 Å². The molecule has 0 bridgehead atoms. The Morgan fingerprint density at radius 1 is 1.69 bits per heavy atom. The summed E-state index contributed by atoms with van der Waals surface area (Å²) in [5.74, 6) is -0.688. The number of aromatic nitrogens is 2. The lowest BCUT2D eigenvalue weighted by Gasteiger charge is -2.22. The molecule has 86 valence electrons. The Morgan fingerprint density at radius 2 is 2.38 bits per heavy atom. The van der Waals surface area contributed by atoms with Crippen LogP contribution in [-0.4, -0.2) is 25.8 Å². The molecule has 0 radical (unpaired) electrons. The SMILES string of the molecule is CC(Sc1nccc(=O)[nH]1)(C(=O)O)C1CC1. The summed E-state index contributed by atoms with van der Waals surface area (Å²) in [6.07, 6.45) is 3.23. The fraction of sp³-hybridized carbons (Fsp3) is 0.500. The first-order valence-corrected chi connectivity index (χ1v) is 5.82. The van der Waals surface area contributed by atoms with Crippen LogP contribution in [0.2, 0.25) is 0 Å². The van der Waals surface area contributed by atoms with Gasteiger partial charge in [-0.3, -0.25) is 9.59 Å². The summed E-state index contributed by atoms with van der Waals surface area (Å²) in [5.41, 5.74) is -0.263. The molecule has 1 unspecified atom stereocenters. The maximum atomic E-state index is 11.3. The first-order valence-electron chi connectivity index (χ1n) is 5.00. The summed E-state index contributed by atoms with van der Waals surface area (Å²) in [5, 5.41) is 9.60. The van der Waals surface area contributed by atoms with Gasteiger partial charge in [0.05, 0.1) is 0 Å². The van der Waals surface area contributed by atoms with Crippen molar-refractivity contribution < 1.29 is 9.90 Å². The summed E-state index contributed by atoms with van der Waals surface area (Å²) in [4.78, 5) is 28.8. The van der Waals surface area contributed by atoms with Crippen LogP contribution in [0.4, 0.5) is 0 Å². The number of aliphatic carboxylic acids is 1. The van der Waals surface area contributed by atoms with Crippen LogP contribution in [0, 0.1) is 5.92 Å². The first-order chi connectivity index (χ1) is 7.52. The number of nitrogens with one attached hydrogen (secondary N) is 1. The molecule has 16 heavy (non-hydrogen) atoms. The van der Waals surface area contributed by atoms with E-state index in [1.807, 2.05) is 0 Å². The molecule has 0 spiro atoms. The number of carboxylic acid groups (broad SMARTS) is 1. The minimum absolute atomic E-state index is 0.167. The van der Waals surface area contributed by atoms with Crippen molar-refractivity contribution in [2.24, 2.45) is 5.92 Å². The normalized spacial score (nSPS) is 19.1. The van der Waals surface area contributed by atoms with E-state index >= 15 is 0 Å². The van der Waals surface area contributed by atoms with Crippen LogP contribution in [0.1, 0.15) is 19.8 Å². The molecule has 6 heteroatoms. The zero-order valence-corrected chi connectivity index (χ0v) is 9.58. The average Bonchev–Trinajstić information content (AvgIpc) is 3.00. The van der Waals surface area contributed by atoms with Crippen LogP contribution in [0.25, 0.3) is 0 Å². The maximum absolute atomic E-state index is 11.3. The molecule has 0 saturated heterocycles. The molecule has 2 rings (SSSR count). The highest BCUT2D eigenvalue weighted by molar-refractivity contribution is 8.01. The molecule has 5 nitrogen and oxygen atoms in total. The number of hydrogen-bond donors (Lipinski definition) is 2. The van der Waals surface area contributed by atoms with Crippen LogP contribution in [0.15, 0.2) is 22.2 Å². The van der Waals surface area contributed by atoms with Gasteiger partial charge >= 0.3 is 5.97 Å². The van der Waals surface area contributed by atoms with Crippen molar-refractivity contribution in [1.82, 2.24) is 9.97 Å². The van der Waals surface area contributed by atoms with Crippen molar-refractivity contribution in [1.29, 1.82) is 0 Å². The average molecular weight is 240 g/mol. The van der Waals surface area contributed by atoms with E-state index < -0.39 is 10.7 Å². The molecule has 2 N–H and O–H groups in total. The number of nitrogens with zero attached hydrogens (tertiary/aromatic N) is 1. The highest BCUT2D eigenvalue weighted by Gasteiger charge is 2.48. The fourth-order valence-corrected chi connectivity index (χ4v) is 2.70. The summed E-state index contributed by atoms with van der Waals surface area (Å²) in [7, 11) is 0. The number of rotatable bonds is 4. The molecule has 1 aromatic heterocycles. The number of H-pyrrole nitrogens is 1. The molecule has 1 saturated carbocycles. The number of carbonyl (C=O) groups is 1. The van der Waals surface area contributed by atoms with E-state index in [1.165, 1.54) is 12.3 Å². The molecular weight excluding hydrogens is 228 g/mol. The monoisotopic (exact) mass is 240 g/mol. The Hall–Kier alpha value is -1.30. The van der Waals surface area contributed by atoms with E-state index in [1.54, 1.807) is 6.92 Å². The number of thioether (sulfide) groups is 1. The van der Waals surface area contributed by atoms with Gasteiger partial charge in [-0.1, -0.05) is 11.8 Å². The van der Waals surface area contributed by atoms with E-state index in [4.69, 9.17) is 0 Å². The third-order valence-corrected chi connectivity index (χ3v) is 4.07. The number of aromatic amines is 1. The zero-order chi connectivity index (χ0) is 11.8. The van der Waals surface area contributed by atoms with Crippen LogP contribution >= 0.6 is 11.8 Å². The van der Waals surface area contributed by atoms with Gasteiger partial charge in [0.25, 0.3) is 5.56 Å². The van der Waals surface area contributed by atoms with Crippen molar-refractivity contribution in [2.45, 2.75) is 29.7 Å². The second-order valence-electron chi connectivity index (χ2n) is 4.03. The van der Waals surface area contributed by atoms with Gasteiger partial charge in [0.1, 0.15) is 4.75 Å². The predicted molar refractivity (Wildman–Crippen MR) is 59.5 cm³/mol. The largest absolute Gasteiger partial charge is 0.480 e. The quantitative estimate of drug-likeness (QED) is 0.608. The van der Waals surface area contributed by atoms with Crippen molar-refractivity contribution in [3.05, 3.63) is 22.6 Å². The zero-order valence-electron chi connectivity index (χ0n) is 8.77. The summed E-state index contributed by atoms with van der Waals surface area (Å²) >= 11 is 1.12. The minimum atomic E-state index is -0.892. The number of carboxylic acids is 1. The predicted octanol–water partition coefficient (Wildman–Crippen LogP) is 1.12. The van der Waals surface area contributed by atoms with Crippen LogP contribution < -0.4 is 5.56 Å². The van der Waals surface area contributed by atoms with Crippen molar-refractivity contribution in [3.8, 4) is 0 Å². The highest BCUT2D eigenvalue weighted by Crippen LogP contribution is 2.49. The Labute approximate surface area is 96.3 Å². The molecule has 0 amide bonds. The molecule has 1 fully saturated rings. The molecule has 0 aromatic carbocycles. The Balaban J connectivity index is 2.24. The van der Waals surface area contributed by atoms with Crippen molar-refractivity contribution in [3.63, 3.8) is 0 Å².